The second-order valence-electron chi connectivity index (χ2n) is 7.48. The maximum atomic E-state index is 13.5. The highest BCUT2D eigenvalue weighted by Crippen LogP contribution is 2.33. The maximum Gasteiger partial charge on any atom is 0.266 e. The predicted octanol–water partition coefficient (Wildman–Crippen LogP) is 4.50. The summed E-state index contributed by atoms with van der Waals surface area (Å²) >= 11 is 0. The quantitative estimate of drug-likeness (QED) is 0.510. The number of para-hydroxylation sites is 2. The average Bonchev–Trinajstić information content (AvgIpc) is 3.04. The van der Waals surface area contributed by atoms with Gasteiger partial charge >= 0.3 is 0 Å². The Morgan fingerprint density at radius 1 is 0.933 bits per heavy atom. The number of nitrogens with zero attached hydrogens (tertiary/aromatic N) is 2. The Labute approximate surface area is 173 Å². The van der Waals surface area contributed by atoms with Crippen molar-refractivity contribution in [2.45, 2.75) is 13.8 Å². The Kier molecular flexibility index (Phi) is 4.10. The Balaban J connectivity index is 1.84. The summed E-state index contributed by atoms with van der Waals surface area (Å²) in [6.07, 6.45) is 1.71. The normalized spacial score (nSPS) is 14.2. The number of aromatic nitrogens is 2. The SMILES string of the molecule is Cc1ccc2c(c1)/C(=C\c1nc3ccccc3c(=O)n1-c1ccccc1C)C(=O)N2. The van der Waals surface area contributed by atoms with Gasteiger partial charge in [0.1, 0.15) is 5.82 Å². The third kappa shape index (κ3) is 2.83. The Morgan fingerprint density at radius 3 is 2.53 bits per heavy atom. The first kappa shape index (κ1) is 18.1. The smallest absolute Gasteiger partial charge is 0.266 e. The van der Waals surface area contributed by atoms with E-state index < -0.39 is 0 Å². The molecular weight excluding hydrogens is 374 g/mol. The molecule has 0 fully saturated rings. The van der Waals surface area contributed by atoms with Gasteiger partial charge in [-0.05, 0) is 55.8 Å². The zero-order chi connectivity index (χ0) is 20.8. The van der Waals surface area contributed by atoms with Crippen molar-refractivity contribution < 1.29 is 4.79 Å². The van der Waals surface area contributed by atoms with Crippen LogP contribution in [-0.2, 0) is 4.79 Å². The molecule has 0 aliphatic carbocycles. The first-order chi connectivity index (χ1) is 14.5. The second-order valence-corrected chi connectivity index (χ2v) is 7.48. The van der Waals surface area contributed by atoms with E-state index in [4.69, 9.17) is 4.98 Å². The minimum Gasteiger partial charge on any atom is -0.321 e. The van der Waals surface area contributed by atoms with Gasteiger partial charge in [-0.1, -0.05) is 42.0 Å². The Bertz CT molecular complexity index is 1430. The van der Waals surface area contributed by atoms with E-state index in [0.717, 1.165) is 28.1 Å². The molecule has 5 nitrogen and oxygen atoms in total. The van der Waals surface area contributed by atoms with Gasteiger partial charge in [-0.25, -0.2) is 4.98 Å². The highest BCUT2D eigenvalue weighted by atomic mass is 16.2. The number of aryl methyl sites for hydroxylation is 2. The third-order valence-electron chi connectivity index (χ3n) is 5.39. The van der Waals surface area contributed by atoms with E-state index in [0.29, 0.717) is 22.3 Å². The molecule has 2 heterocycles. The molecule has 3 aromatic carbocycles. The molecule has 0 saturated heterocycles. The van der Waals surface area contributed by atoms with Crippen LogP contribution >= 0.6 is 0 Å². The first-order valence-corrected chi connectivity index (χ1v) is 9.75. The molecule has 0 unspecified atom stereocenters. The summed E-state index contributed by atoms with van der Waals surface area (Å²) in [6.45, 7) is 3.94. The van der Waals surface area contributed by atoms with Gasteiger partial charge in [0.25, 0.3) is 11.5 Å². The molecule has 0 saturated carbocycles. The van der Waals surface area contributed by atoms with E-state index in [1.165, 1.54) is 0 Å². The van der Waals surface area contributed by atoms with Crippen molar-refractivity contribution in [2.24, 2.45) is 0 Å². The lowest BCUT2D eigenvalue weighted by atomic mass is 10.0. The molecule has 0 spiro atoms. The summed E-state index contributed by atoms with van der Waals surface area (Å²) < 4.78 is 1.59. The molecule has 1 amide bonds. The molecule has 4 aromatic rings. The number of rotatable bonds is 2. The van der Waals surface area contributed by atoms with Crippen molar-refractivity contribution in [3.05, 3.63) is 99.6 Å². The van der Waals surface area contributed by atoms with Crippen molar-refractivity contribution >= 4 is 34.1 Å². The third-order valence-corrected chi connectivity index (χ3v) is 5.39. The molecule has 0 radical (unpaired) electrons. The van der Waals surface area contributed by atoms with Crippen molar-refractivity contribution in [1.82, 2.24) is 9.55 Å². The molecule has 1 aromatic heterocycles. The highest BCUT2D eigenvalue weighted by molar-refractivity contribution is 6.34. The van der Waals surface area contributed by atoms with Crippen LogP contribution in [0.1, 0.15) is 22.5 Å². The molecule has 0 bridgehead atoms. The number of carbonyl (C=O) groups excluding carboxylic acids is 1. The summed E-state index contributed by atoms with van der Waals surface area (Å²) in [4.78, 5) is 30.9. The summed E-state index contributed by atoms with van der Waals surface area (Å²) in [6, 6.07) is 20.8. The van der Waals surface area contributed by atoms with Crippen LogP contribution in [0.2, 0.25) is 0 Å². The van der Waals surface area contributed by atoms with Crippen LogP contribution in [0, 0.1) is 13.8 Å². The lowest BCUT2D eigenvalue weighted by molar-refractivity contribution is -0.110. The van der Waals surface area contributed by atoms with Crippen LogP contribution in [0.15, 0.2) is 71.5 Å². The van der Waals surface area contributed by atoms with E-state index in [1.807, 2.05) is 74.5 Å². The van der Waals surface area contributed by atoms with Crippen LogP contribution < -0.4 is 10.9 Å². The van der Waals surface area contributed by atoms with E-state index in [2.05, 4.69) is 5.32 Å². The predicted molar refractivity (Wildman–Crippen MR) is 120 cm³/mol. The lowest BCUT2D eigenvalue weighted by Gasteiger charge is -2.14. The monoisotopic (exact) mass is 393 g/mol. The van der Waals surface area contributed by atoms with Gasteiger partial charge in [-0.3, -0.25) is 14.2 Å². The highest BCUT2D eigenvalue weighted by Gasteiger charge is 2.25. The molecule has 1 N–H and O–H groups in total. The van der Waals surface area contributed by atoms with Gasteiger partial charge in [-0.15, -0.1) is 0 Å². The van der Waals surface area contributed by atoms with Gasteiger partial charge in [0, 0.05) is 11.3 Å². The first-order valence-electron chi connectivity index (χ1n) is 9.75. The van der Waals surface area contributed by atoms with Crippen LogP contribution in [0.25, 0.3) is 28.2 Å². The van der Waals surface area contributed by atoms with E-state index in [-0.39, 0.29) is 11.5 Å². The van der Waals surface area contributed by atoms with Gasteiger partial charge in [0.05, 0.1) is 22.2 Å². The second kappa shape index (κ2) is 6.81. The minimum absolute atomic E-state index is 0.162. The van der Waals surface area contributed by atoms with Crippen LogP contribution in [0.5, 0.6) is 0 Å². The van der Waals surface area contributed by atoms with E-state index in [9.17, 15) is 9.59 Å². The molecule has 5 heteroatoms. The summed E-state index contributed by atoms with van der Waals surface area (Å²) in [5.41, 5.74) is 5.27. The molecule has 30 heavy (non-hydrogen) atoms. The summed E-state index contributed by atoms with van der Waals surface area (Å²) in [5.74, 6) is 0.224. The Hall–Kier alpha value is -3.99. The van der Waals surface area contributed by atoms with Crippen LogP contribution in [-0.4, -0.2) is 15.5 Å². The fourth-order valence-corrected chi connectivity index (χ4v) is 3.87. The maximum absolute atomic E-state index is 13.5. The van der Waals surface area contributed by atoms with Gasteiger partial charge in [0.2, 0.25) is 0 Å². The number of fused-ring (bicyclic) bond motifs is 2. The average molecular weight is 393 g/mol. The zero-order valence-corrected chi connectivity index (χ0v) is 16.6. The Morgan fingerprint density at radius 2 is 1.70 bits per heavy atom. The number of anilines is 1. The van der Waals surface area contributed by atoms with Crippen LogP contribution in [0.4, 0.5) is 5.69 Å². The van der Waals surface area contributed by atoms with Gasteiger partial charge in [-0.2, -0.15) is 0 Å². The number of hydrogen-bond acceptors (Lipinski definition) is 3. The van der Waals surface area contributed by atoms with Gasteiger partial charge < -0.3 is 5.32 Å². The fourth-order valence-electron chi connectivity index (χ4n) is 3.87. The van der Waals surface area contributed by atoms with Gasteiger partial charge in [0.15, 0.2) is 0 Å². The van der Waals surface area contributed by atoms with E-state index >= 15 is 0 Å². The number of hydrogen-bond donors (Lipinski definition) is 1. The summed E-state index contributed by atoms with van der Waals surface area (Å²) in [7, 11) is 0. The number of amides is 1. The molecule has 146 valence electrons. The largest absolute Gasteiger partial charge is 0.321 e. The van der Waals surface area contributed by atoms with Crippen molar-refractivity contribution in [3.8, 4) is 5.69 Å². The molecule has 1 aliphatic rings. The fraction of sp³-hybridized carbons (Fsp3) is 0.0800. The minimum atomic E-state index is -0.200. The van der Waals surface area contributed by atoms with E-state index in [1.54, 1.807) is 16.7 Å². The molecule has 1 aliphatic heterocycles. The standard InChI is InChI=1S/C25H19N3O2/c1-15-11-12-21-18(13-15)19(24(29)27-21)14-23-26-20-9-5-4-8-17(20)25(30)28(23)22-10-6-3-7-16(22)2/h3-14H,1-2H3,(H,27,29)/b19-14+. The molecular formula is C25H19N3O2. The van der Waals surface area contributed by atoms with Crippen LogP contribution in [0.3, 0.4) is 0 Å². The van der Waals surface area contributed by atoms with Crippen molar-refractivity contribution in [3.63, 3.8) is 0 Å². The molecule has 0 atom stereocenters. The van der Waals surface area contributed by atoms with Crippen molar-refractivity contribution in [1.29, 1.82) is 0 Å². The van der Waals surface area contributed by atoms with Crippen molar-refractivity contribution in [2.75, 3.05) is 5.32 Å². The number of nitrogens with one attached hydrogen (secondary N) is 1. The summed E-state index contributed by atoms with van der Waals surface area (Å²) in [5, 5.41) is 3.43. The number of benzene rings is 3. The lowest BCUT2D eigenvalue weighted by Crippen LogP contribution is -2.23. The topological polar surface area (TPSA) is 64.0 Å². The number of carbonyl (C=O) groups is 1. The zero-order valence-electron chi connectivity index (χ0n) is 16.6. The molecule has 5 rings (SSSR count).